The molecule has 3 rings (SSSR count). The van der Waals surface area contributed by atoms with Gasteiger partial charge in [0.2, 0.25) is 0 Å². The summed E-state index contributed by atoms with van der Waals surface area (Å²) in [6, 6.07) is 12.3. The Hall–Kier alpha value is -3.75. The van der Waals surface area contributed by atoms with Crippen LogP contribution < -0.4 is 15.9 Å². The summed E-state index contributed by atoms with van der Waals surface area (Å²) in [5.41, 5.74) is 9.02. The SMILES string of the molecule is NC(=O)N/N=C/c1ccccc1OCc1cn(-c2ccc(F)cc2)nn1. The highest BCUT2D eigenvalue weighted by atomic mass is 19.1. The Morgan fingerprint density at radius 1 is 1.27 bits per heavy atom. The molecular formula is C17H15FN6O2. The molecule has 0 aliphatic rings. The Bertz CT molecular complexity index is 923. The maximum absolute atomic E-state index is 13.0. The van der Waals surface area contributed by atoms with E-state index in [-0.39, 0.29) is 12.4 Å². The maximum atomic E-state index is 13.0. The smallest absolute Gasteiger partial charge is 0.332 e. The number of para-hydroxylation sites is 1. The molecule has 3 N–H and O–H groups in total. The van der Waals surface area contributed by atoms with Crippen molar-refractivity contribution in [2.75, 3.05) is 0 Å². The lowest BCUT2D eigenvalue weighted by Crippen LogP contribution is -2.24. The van der Waals surface area contributed by atoms with Gasteiger partial charge >= 0.3 is 6.03 Å². The number of carbonyl (C=O) groups excluding carboxylic acids is 1. The molecule has 0 fully saturated rings. The molecular weight excluding hydrogens is 339 g/mol. The van der Waals surface area contributed by atoms with Crippen LogP contribution in [0.4, 0.5) is 9.18 Å². The molecule has 8 nitrogen and oxygen atoms in total. The van der Waals surface area contributed by atoms with Crippen LogP contribution in [0.25, 0.3) is 5.69 Å². The second-order valence-corrected chi connectivity index (χ2v) is 5.19. The third-order valence-electron chi connectivity index (χ3n) is 3.30. The number of hydrazone groups is 1. The minimum atomic E-state index is -0.753. The molecule has 0 radical (unpaired) electrons. The van der Waals surface area contributed by atoms with Crippen molar-refractivity contribution >= 4 is 12.2 Å². The minimum absolute atomic E-state index is 0.176. The summed E-state index contributed by atoms with van der Waals surface area (Å²) in [6.45, 7) is 0.176. The number of aromatic nitrogens is 3. The van der Waals surface area contributed by atoms with E-state index in [0.717, 1.165) is 0 Å². The van der Waals surface area contributed by atoms with Gasteiger partial charge < -0.3 is 10.5 Å². The number of urea groups is 1. The minimum Gasteiger partial charge on any atom is -0.486 e. The van der Waals surface area contributed by atoms with Gasteiger partial charge in [-0.1, -0.05) is 17.3 Å². The first-order chi connectivity index (χ1) is 12.6. The summed E-state index contributed by atoms with van der Waals surface area (Å²) in [5.74, 6) is 0.236. The predicted octanol–water partition coefficient (Wildman–Crippen LogP) is 1.99. The Morgan fingerprint density at radius 2 is 2.04 bits per heavy atom. The van der Waals surface area contributed by atoms with E-state index in [1.165, 1.54) is 23.0 Å². The topological polar surface area (TPSA) is 107 Å². The molecule has 0 atom stereocenters. The lowest BCUT2D eigenvalue weighted by Gasteiger charge is -2.07. The fourth-order valence-corrected chi connectivity index (χ4v) is 2.12. The Morgan fingerprint density at radius 3 is 2.81 bits per heavy atom. The largest absolute Gasteiger partial charge is 0.486 e. The van der Waals surface area contributed by atoms with Crippen molar-refractivity contribution in [2.24, 2.45) is 10.8 Å². The van der Waals surface area contributed by atoms with E-state index in [1.54, 1.807) is 30.5 Å². The van der Waals surface area contributed by atoms with E-state index >= 15 is 0 Å². The zero-order chi connectivity index (χ0) is 18.4. The number of rotatable bonds is 6. The lowest BCUT2D eigenvalue weighted by molar-refractivity contribution is 0.249. The van der Waals surface area contributed by atoms with E-state index in [0.29, 0.717) is 22.7 Å². The molecule has 0 aliphatic carbocycles. The third kappa shape index (κ3) is 4.41. The molecule has 1 aromatic heterocycles. The van der Waals surface area contributed by atoms with Crippen molar-refractivity contribution in [1.82, 2.24) is 20.4 Å². The Labute approximate surface area is 148 Å². The van der Waals surface area contributed by atoms with Gasteiger partial charge in [-0.05, 0) is 36.4 Å². The van der Waals surface area contributed by atoms with Crippen molar-refractivity contribution in [3.63, 3.8) is 0 Å². The number of nitrogens with zero attached hydrogens (tertiary/aromatic N) is 4. The molecule has 2 amide bonds. The van der Waals surface area contributed by atoms with Crippen molar-refractivity contribution in [1.29, 1.82) is 0 Å². The molecule has 9 heteroatoms. The van der Waals surface area contributed by atoms with Gasteiger partial charge in [-0.2, -0.15) is 5.10 Å². The van der Waals surface area contributed by atoms with E-state index in [1.807, 2.05) is 12.1 Å². The number of primary amides is 1. The van der Waals surface area contributed by atoms with Crippen molar-refractivity contribution in [3.05, 3.63) is 71.8 Å². The van der Waals surface area contributed by atoms with Gasteiger partial charge in [0, 0.05) is 5.56 Å². The van der Waals surface area contributed by atoms with Crippen LogP contribution in [0.5, 0.6) is 5.75 Å². The standard InChI is InChI=1S/C17H15FN6O2/c18-13-5-7-15(8-6-13)24-10-14(21-23-24)11-26-16-4-2-1-3-12(16)9-20-22-17(19)25/h1-10H,11H2,(H3,19,22,25)/b20-9+. The number of carbonyl (C=O) groups is 1. The Kier molecular flexibility index (Phi) is 5.18. The maximum Gasteiger partial charge on any atom is 0.332 e. The zero-order valence-electron chi connectivity index (χ0n) is 13.5. The average molecular weight is 354 g/mol. The monoisotopic (exact) mass is 354 g/mol. The molecule has 1 heterocycles. The van der Waals surface area contributed by atoms with Crippen LogP contribution in [-0.2, 0) is 6.61 Å². The van der Waals surface area contributed by atoms with Gasteiger partial charge in [0.25, 0.3) is 0 Å². The summed E-state index contributed by atoms with van der Waals surface area (Å²) in [6.07, 6.45) is 3.12. The average Bonchev–Trinajstić information content (AvgIpc) is 3.10. The first-order valence-corrected chi connectivity index (χ1v) is 7.59. The number of amides is 2. The predicted molar refractivity (Wildman–Crippen MR) is 92.4 cm³/mol. The summed E-state index contributed by atoms with van der Waals surface area (Å²) in [4.78, 5) is 10.7. The van der Waals surface area contributed by atoms with Gasteiger partial charge in [-0.15, -0.1) is 5.10 Å². The van der Waals surface area contributed by atoms with Crippen LogP contribution in [0, 0.1) is 5.82 Å². The highest BCUT2D eigenvalue weighted by Crippen LogP contribution is 2.17. The highest BCUT2D eigenvalue weighted by Gasteiger charge is 2.06. The first-order valence-electron chi connectivity index (χ1n) is 7.59. The van der Waals surface area contributed by atoms with Gasteiger partial charge in [0.15, 0.2) is 0 Å². The van der Waals surface area contributed by atoms with Gasteiger partial charge in [-0.25, -0.2) is 19.3 Å². The summed E-state index contributed by atoms with van der Waals surface area (Å²) >= 11 is 0. The number of hydrogen-bond donors (Lipinski definition) is 2. The van der Waals surface area contributed by atoms with E-state index in [4.69, 9.17) is 10.5 Å². The van der Waals surface area contributed by atoms with Crippen LogP contribution in [0.1, 0.15) is 11.3 Å². The second-order valence-electron chi connectivity index (χ2n) is 5.19. The number of benzene rings is 2. The number of ether oxygens (including phenoxy) is 1. The van der Waals surface area contributed by atoms with Crippen LogP contribution in [-0.4, -0.2) is 27.2 Å². The van der Waals surface area contributed by atoms with Gasteiger partial charge in [0.1, 0.15) is 23.9 Å². The quantitative estimate of drug-likeness (QED) is 0.521. The van der Waals surface area contributed by atoms with E-state index < -0.39 is 6.03 Å². The molecule has 3 aromatic rings. The van der Waals surface area contributed by atoms with E-state index in [2.05, 4.69) is 20.8 Å². The van der Waals surface area contributed by atoms with Crippen LogP contribution in [0.3, 0.4) is 0 Å². The third-order valence-corrected chi connectivity index (χ3v) is 3.30. The molecule has 0 bridgehead atoms. The molecule has 0 saturated heterocycles. The number of halogens is 1. The fourth-order valence-electron chi connectivity index (χ4n) is 2.12. The molecule has 0 unspecified atom stereocenters. The van der Waals surface area contributed by atoms with Crippen LogP contribution >= 0.6 is 0 Å². The zero-order valence-corrected chi connectivity index (χ0v) is 13.5. The summed E-state index contributed by atoms with van der Waals surface area (Å²) < 4.78 is 20.2. The molecule has 26 heavy (non-hydrogen) atoms. The molecule has 132 valence electrons. The normalized spacial score (nSPS) is 10.8. The number of hydrogen-bond acceptors (Lipinski definition) is 5. The van der Waals surface area contributed by atoms with Gasteiger partial charge in [-0.3, -0.25) is 0 Å². The van der Waals surface area contributed by atoms with Crippen molar-refractivity contribution < 1.29 is 13.9 Å². The summed E-state index contributed by atoms with van der Waals surface area (Å²) in [7, 11) is 0. The fraction of sp³-hybridized carbons (Fsp3) is 0.0588. The van der Waals surface area contributed by atoms with Crippen molar-refractivity contribution in [3.8, 4) is 11.4 Å². The second kappa shape index (κ2) is 7.88. The molecule has 0 saturated carbocycles. The molecule has 0 aliphatic heterocycles. The summed E-state index contributed by atoms with van der Waals surface area (Å²) in [5, 5.41) is 11.7. The van der Waals surface area contributed by atoms with Gasteiger partial charge in [0.05, 0.1) is 18.1 Å². The molecule has 0 spiro atoms. The van der Waals surface area contributed by atoms with Crippen molar-refractivity contribution in [2.45, 2.75) is 6.61 Å². The number of nitrogens with one attached hydrogen (secondary N) is 1. The first kappa shape index (κ1) is 17.1. The molecule has 2 aromatic carbocycles. The van der Waals surface area contributed by atoms with Crippen LogP contribution in [0.2, 0.25) is 0 Å². The van der Waals surface area contributed by atoms with E-state index in [9.17, 15) is 9.18 Å². The number of nitrogens with two attached hydrogens (primary N) is 1. The highest BCUT2D eigenvalue weighted by molar-refractivity contribution is 5.84. The lowest BCUT2D eigenvalue weighted by atomic mass is 10.2. The van der Waals surface area contributed by atoms with Crippen LogP contribution in [0.15, 0.2) is 59.8 Å². The Balaban J connectivity index is 1.67.